The molecule has 1 aromatic heterocycles. The molecule has 3 N–H and O–H groups in total. The molecule has 1 aliphatic heterocycles. The second kappa shape index (κ2) is 9.07. The van der Waals surface area contributed by atoms with Crippen LogP contribution in [0, 0.1) is 0 Å². The van der Waals surface area contributed by atoms with Gasteiger partial charge < -0.3 is 16.0 Å². The van der Waals surface area contributed by atoms with Crippen molar-refractivity contribution in [2.45, 2.75) is 18.4 Å². The fraction of sp³-hybridized carbons (Fsp3) is 0.286. The van der Waals surface area contributed by atoms with Crippen LogP contribution in [0.4, 0.5) is 5.69 Å². The van der Waals surface area contributed by atoms with E-state index in [0.717, 1.165) is 29.5 Å². The zero-order chi connectivity index (χ0) is 19.4. The maximum atomic E-state index is 13.0. The van der Waals surface area contributed by atoms with Crippen molar-refractivity contribution >= 4 is 40.7 Å². The largest absolute Gasteiger partial charge is 0.345 e. The third-order valence-electron chi connectivity index (χ3n) is 5.27. The number of piperidine rings is 1. The topological polar surface area (TPSA) is 88.0 Å². The van der Waals surface area contributed by atoms with Gasteiger partial charge in [-0.15, -0.1) is 12.4 Å². The van der Waals surface area contributed by atoms with Crippen molar-refractivity contribution in [3.05, 3.63) is 60.9 Å². The summed E-state index contributed by atoms with van der Waals surface area (Å²) in [6.45, 7) is 1.38. The first-order chi connectivity index (χ1) is 13.7. The van der Waals surface area contributed by atoms with Crippen molar-refractivity contribution in [2.24, 2.45) is 0 Å². The number of halogens is 1. The van der Waals surface area contributed by atoms with Gasteiger partial charge in [0.15, 0.2) is 0 Å². The average molecular weight is 414 g/mol. The number of hydrogen-bond acceptors (Lipinski definition) is 4. The number of amides is 2. The summed E-state index contributed by atoms with van der Waals surface area (Å²) in [5.41, 5.74) is -0.0184. The van der Waals surface area contributed by atoms with E-state index in [9.17, 15) is 9.59 Å². The molecular weight excluding hydrogens is 390 g/mol. The molecule has 152 valence electrons. The van der Waals surface area contributed by atoms with E-state index in [4.69, 9.17) is 0 Å². The molecule has 0 radical (unpaired) electrons. The number of carbonyl (C=O) groups is 2. The van der Waals surface area contributed by atoms with E-state index in [1.165, 1.54) is 0 Å². The van der Waals surface area contributed by atoms with E-state index >= 15 is 0 Å². The molecule has 0 aliphatic carbocycles. The highest BCUT2D eigenvalue weighted by Crippen LogP contribution is 2.27. The number of rotatable bonds is 5. The predicted molar refractivity (Wildman–Crippen MR) is 115 cm³/mol. The summed E-state index contributed by atoms with van der Waals surface area (Å²) in [6.07, 6.45) is 4.74. The van der Waals surface area contributed by atoms with Crippen LogP contribution in [0.25, 0.3) is 10.8 Å². The Morgan fingerprint density at radius 2 is 1.83 bits per heavy atom. The van der Waals surface area contributed by atoms with Gasteiger partial charge in [-0.05, 0) is 43.5 Å². The van der Waals surface area contributed by atoms with Crippen LogP contribution in [0.3, 0.4) is 0 Å². The Labute approximate surface area is 175 Å². The van der Waals surface area contributed by atoms with Gasteiger partial charge in [0, 0.05) is 23.5 Å². The van der Waals surface area contributed by atoms with Crippen LogP contribution in [0.2, 0.25) is 0 Å². The van der Waals surface area contributed by atoms with E-state index in [-0.39, 0.29) is 30.8 Å². The summed E-state index contributed by atoms with van der Waals surface area (Å²) in [7, 11) is 0. The van der Waals surface area contributed by atoms with Crippen LogP contribution in [-0.2, 0) is 15.1 Å². The van der Waals surface area contributed by atoms with Gasteiger partial charge in [0.1, 0.15) is 5.54 Å². The molecule has 0 spiro atoms. The quantitative estimate of drug-likeness (QED) is 0.598. The minimum Gasteiger partial charge on any atom is -0.345 e. The maximum Gasteiger partial charge on any atom is 0.248 e. The Kier molecular flexibility index (Phi) is 6.51. The summed E-state index contributed by atoms with van der Waals surface area (Å²) in [5, 5.41) is 15.3. The molecule has 2 amide bonds. The van der Waals surface area contributed by atoms with Gasteiger partial charge >= 0.3 is 0 Å². The number of nitrogens with zero attached hydrogens (tertiary/aromatic N) is 2. The lowest BCUT2D eigenvalue weighted by atomic mass is 9.87. The van der Waals surface area contributed by atoms with Gasteiger partial charge in [-0.2, -0.15) is 5.10 Å². The predicted octanol–water partition coefficient (Wildman–Crippen LogP) is 2.29. The van der Waals surface area contributed by atoms with Crippen LogP contribution < -0.4 is 16.0 Å². The number of carbonyl (C=O) groups excluding carboxylic acids is 2. The minimum atomic E-state index is -0.755. The van der Waals surface area contributed by atoms with Gasteiger partial charge in [-0.3, -0.25) is 14.3 Å². The number of aromatic nitrogens is 2. The second-order valence-corrected chi connectivity index (χ2v) is 6.99. The summed E-state index contributed by atoms with van der Waals surface area (Å²) >= 11 is 0. The Bertz CT molecular complexity index is 978. The van der Waals surface area contributed by atoms with Crippen LogP contribution in [0.15, 0.2) is 60.9 Å². The van der Waals surface area contributed by atoms with Crippen LogP contribution in [0.5, 0.6) is 0 Å². The molecule has 8 heteroatoms. The van der Waals surface area contributed by atoms with E-state index in [2.05, 4.69) is 21.0 Å². The smallest absolute Gasteiger partial charge is 0.248 e. The van der Waals surface area contributed by atoms with Crippen LogP contribution >= 0.6 is 12.4 Å². The molecule has 0 atom stereocenters. The highest BCUT2D eigenvalue weighted by Gasteiger charge is 2.41. The standard InChI is InChI=1S/C21H23N5O2.ClH/c27-19(25-18-8-3-6-16-5-1-2-7-17(16)18)15-23-20(28)21(9-12-22-13-10-21)26-14-4-11-24-26;/h1-8,11,14,22H,9-10,12-13,15H2,(H,23,28)(H,25,27);1H. The first kappa shape index (κ1) is 20.8. The summed E-state index contributed by atoms with van der Waals surface area (Å²) in [5.74, 6) is -0.431. The molecule has 7 nitrogen and oxygen atoms in total. The fourth-order valence-corrected chi connectivity index (χ4v) is 3.78. The van der Waals surface area contributed by atoms with Crippen molar-refractivity contribution in [1.82, 2.24) is 20.4 Å². The van der Waals surface area contributed by atoms with Gasteiger partial charge in [-0.25, -0.2) is 0 Å². The van der Waals surface area contributed by atoms with E-state index in [0.29, 0.717) is 12.8 Å². The molecule has 0 unspecified atom stereocenters. The maximum absolute atomic E-state index is 13.0. The molecule has 2 aromatic carbocycles. The zero-order valence-corrected chi connectivity index (χ0v) is 16.7. The highest BCUT2D eigenvalue weighted by molar-refractivity contribution is 6.03. The zero-order valence-electron chi connectivity index (χ0n) is 15.9. The van der Waals surface area contributed by atoms with Crippen LogP contribution in [-0.4, -0.2) is 41.2 Å². The van der Waals surface area contributed by atoms with Crippen LogP contribution in [0.1, 0.15) is 12.8 Å². The number of fused-ring (bicyclic) bond motifs is 1. The normalized spacial score (nSPS) is 15.3. The van der Waals surface area contributed by atoms with E-state index in [1.807, 2.05) is 48.5 Å². The monoisotopic (exact) mass is 413 g/mol. The van der Waals surface area contributed by atoms with E-state index < -0.39 is 5.54 Å². The third kappa shape index (κ3) is 4.26. The Morgan fingerprint density at radius 3 is 2.59 bits per heavy atom. The Morgan fingerprint density at radius 1 is 1.07 bits per heavy atom. The number of benzene rings is 2. The van der Waals surface area contributed by atoms with Crippen molar-refractivity contribution < 1.29 is 9.59 Å². The van der Waals surface area contributed by atoms with Crippen molar-refractivity contribution in [3.63, 3.8) is 0 Å². The average Bonchev–Trinajstić information content (AvgIpc) is 3.28. The minimum absolute atomic E-state index is 0. The SMILES string of the molecule is Cl.O=C(CNC(=O)C1(n2cccn2)CCNCC1)Nc1cccc2ccccc12. The number of nitrogens with one attached hydrogen (secondary N) is 3. The summed E-state index contributed by atoms with van der Waals surface area (Å²) in [6, 6.07) is 15.4. The lowest BCUT2D eigenvalue weighted by Crippen LogP contribution is -2.55. The summed E-state index contributed by atoms with van der Waals surface area (Å²) in [4.78, 5) is 25.5. The molecule has 1 aliphatic rings. The van der Waals surface area contributed by atoms with Crippen molar-refractivity contribution in [3.8, 4) is 0 Å². The molecular formula is C21H24ClN5O2. The molecule has 4 rings (SSSR count). The Hall–Kier alpha value is -2.90. The molecule has 1 fully saturated rings. The third-order valence-corrected chi connectivity index (χ3v) is 5.27. The van der Waals surface area contributed by atoms with Crippen molar-refractivity contribution in [2.75, 3.05) is 25.0 Å². The molecule has 3 aromatic rings. The van der Waals surface area contributed by atoms with Gasteiger partial charge in [-0.1, -0.05) is 36.4 Å². The molecule has 0 saturated carbocycles. The van der Waals surface area contributed by atoms with Gasteiger partial charge in [0.2, 0.25) is 11.8 Å². The fourth-order valence-electron chi connectivity index (χ4n) is 3.78. The Balaban J connectivity index is 0.00000240. The highest BCUT2D eigenvalue weighted by atomic mass is 35.5. The first-order valence-electron chi connectivity index (χ1n) is 9.46. The number of hydrogen-bond donors (Lipinski definition) is 3. The number of anilines is 1. The van der Waals surface area contributed by atoms with Gasteiger partial charge in [0.05, 0.1) is 6.54 Å². The molecule has 0 bridgehead atoms. The van der Waals surface area contributed by atoms with Gasteiger partial charge in [0.25, 0.3) is 0 Å². The molecule has 2 heterocycles. The second-order valence-electron chi connectivity index (χ2n) is 6.99. The molecule has 29 heavy (non-hydrogen) atoms. The van der Waals surface area contributed by atoms with Crippen molar-refractivity contribution in [1.29, 1.82) is 0 Å². The van der Waals surface area contributed by atoms with E-state index in [1.54, 1.807) is 17.1 Å². The molecule has 1 saturated heterocycles. The lowest BCUT2D eigenvalue weighted by molar-refractivity contribution is -0.133. The lowest BCUT2D eigenvalue weighted by Gasteiger charge is -2.36. The summed E-state index contributed by atoms with van der Waals surface area (Å²) < 4.78 is 1.71. The first-order valence-corrected chi connectivity index (χ1v) is 9.46.